The van der Waals surface area contributed by atoms with E-state index in [9.17, 15) is 19.2 Å². The largest absolute Gasteiger partial charge is 0.364 e. The predicted molar refractivity (Wildman–Crippen MR) is 81.0 cm³/mol. The summed E-state index contributed by atoms with van der Waals surface area (Å²) in [6.45, 7) is 0.300. The van der Waals surface area contributed by atoms with Crippen molar-refractivity contribution in [3.8, 4) is 0 Å². The summed E-state index contributed by atoms with van der Waals surface area (Å²) in [4.78, 5) is 45.9. The van der Waals surface area contributed by atoms with E-state index in [0.29, 0.717) is 38.5 Å². The van der Waals surface area contributed by atoms with E-state index in [1.165, 1.54) is 4.90 Å². The molecule has 2 rings (SSSR count). The van der Waals surface area contributed by atoms with Crippen LogP contribution in [0.1, 0.15) is 32.1 Å². The second-order valence-electron chi connectivity index (χ2n) is 5.44. The quantitative estimate of drug-likeness (QED) is 0.398. The number of amides is 3. The molecular formula is C16H20N2O5. The zero-order valence-corrected chi connectivity index (χ0v) is 12.9. The van der Waals surface area contributed by atoms with Crippen LogP contribution in [0.3, 0.4) is 0 Å². The Morgan fingerprint density at radius 1 is 1.26 bits per heavy atom. The van der Waals surface area contributed by atoms with Gasteiger partial charge in [0.1, 0.15) is 19.5 Å². The lowest BCUT2D eigenvalue weighted by atomic mass is 9.98. The van der Waals surface area contributed by atoms with Crippen LogP contribution < -0.4 is 5.32 Å². The molecule has 0 bridgehead atoms. The number of carbonyl (C=O) groups excluding carboxylic acids is 4. The van der Waals surface area contributed by atoms with E-state index in [1.54, 1.807) is 0 Å². The molecule has 0 aromatic carbocycles. The first-order valence-corrected chi connectivity index (χ1v) is 7.63. The lowest BCUT2D eigenvalue weighted by Crippen LogP contribution is -2.47. The lowest BCUT2D eigenvalue weighted by Gasteiger charge is -2.28. The minimum Gasteiger partial charge on any atom is -0.364 e. The maximum absolute atomic E-state index is 11.8. The van der Waals surface area contributed by atoms with Gasteiger partial charge in [0.05, 0.1) is 0 Å². The molecule has 7 heteroatoms. The van der Waals surface area contributed by atoms with Crippen LogP contribution in [0.5, 0.6) is 0 Å². The van der Waals surface area contributed by atoms with Crippen molar-refractivity contribution >= 4 is 24.0 Å². The van der Waals surface area contributed by atoms with Crippen LogP contribution in [0, 0.1) is 0 Å². The van der Waals surface area contributed by atoms with Crippen molar-refractivity contribution in [2.45, 2.75) is 32.1 Å². The fraction of sp³-hybridized carbons (Fsp3) is 0.500. The van der Waals surface area contributed by atoms with Gasteiger partial charge in [-0.1, -0.05) is 11.6 Å². The van der Waals surface area contributed by atoms with E-state index < -0.39 is 0 Å². The maximum atomic E-state index is 11.8. The number of allylic oxidation sites excluding steroid dienone is 4. The van der Waals surface area contributed by atoms with Crippen molar-refractivity contribution in [2.75, 3.05) is 19.8 Å². The fourth-order valence-corrected chi connectivity index (χ4v) is 2.39. The first-order chi connectivity index (χ1) is 11.1. The summed E-state index contributed by atoms with van der Waals surface area (Å²) in [7, 11) is 0. The average Bonchev–Trinajstić information content (AvgIpc) is 2.53. The summed E-state index contributed by atoms with van der Waals surface area (Å²) in [6.07, 6.45) is 7.19. The molecule has 1 aliphatic carbocycles. The highest BCUT2D eigenvalue weighted by Gasteiger charge is 2.29. The highest BCUT2D eigenvalue weighted by Crippen LogP contribution is 2.22. The van der Waals surface area contributed by atoms with Gasteiger partial charge in [-0.25, -0.2) is 0 Å². The van der Waals surface area contributed by atoms with Crippen molar-refractivity contribution in [2.24, 2.45) is 0 Å². The van der Waals surface area contributed by atoms with Gasteiger partial charge in [0.25, 0.3) is 0 Å². The van der Waals surface area contributed by atoms with Gasteiger partial charge in [0.2, 0.25) is 17.7 Å². The Hall–Kier alpha value is -2.28. The molecule has 23 heavy (non-hydrogen) atoms. The number of likely N-dealkylation sites (tertiary alicyclic amines) is 1. The van der Waals surface area contributed by atoms with Gasteiger partial charge in [-0.2, -0.15) is 0 Å². The predicted octanol–water partition coefficient (Wildman–Crippen LogP) is 0.461. The molecule has 0 aromatic heterocycles. The van der Waals surface area contributed by atoms with E-state index in [2.05, 4.69) is 5.32 Å². The summed E-state index contributed by atoms with van der Waals surface area (Å²) >= 11 is 0. The van der Waals surface area contributed by atoms with Gasteiger partial charge in [-0.05, 0) is 25.3 Å². The Balaban J connectivity index is 1.72. The molecule has 1 aliphatic heterocycles. The van der Waals surface area contributed by atoms with Crippen LogP contribution in [0.25, 0.3) is 0 Å². The Kier molecular flexibility index (Phi) is 6.22. The molecular weight excluding hydrogens is 300 g/mol. The minimum atomic E-state index is -0.290. The van der Waals surface area contributed by atoms with Crippen LogP contribution in [0.4, 0.5) is 0 Å². The van der Waals surface area contributed by atoms with Crippen LogP contribution in [0.15, 0.2) is 23.4 Å². The number of imide groups is 1. The van der Waals surface area contributed by atoms with Crippen molar-refractivity contribution < 1.29 is 23.9 Å². The highest BCUT2D eigenvalue weighted by molar-refractivity contribution is 5.99. The minimum absolute atomic E-state index is 0.0886. The standard InChI is InChI=1S/C16H20N2O5/c19-9-10-23-11-14(20)17-13-4-1-12(2-5-13)3-6-15(21)18-8-7-16(18)22/h1,4,9H,2-3,5-8,10-11H2,(H,17,20). The fourth-order valence-electron chi connectivity index (χ4n) is 2.39. The van der Waals surface area contributed by atoms with Gasteiger partial charge in [-0.15, -0.1) is 0 Å². The maximum Gasteiger partial charge on any atom is 0.250 e. The van der Waals surface area contributed by atoms with E-state index in [-0.39, 0.29) is 30.9 Å². The first-order valence-electron chi connectivity index (χ1n) is 7.63. The number of hydrogen-bond acceptors (Lipinski definition) is 5. The van der Waals surface area contributed by atoms with Crippen LogP contribution in [-0.2, 0) is 23.9 Å². The van der Waals surface area contributed by atoms with E-state index in [1.807, 2.05) is 12.2 Å². The number of hydrogen-bond donors (Lipinski definition) is 1. The van der Waals surface area contributed by atoms with Crippen LogP contribution >= 0.6 is 0 Å². The molecule has 3 amide bonds. The topological polar surface area (TPSA) is 92.8 Å². The third-order valence-corrected chi connectivity index (χ3v) is 3.77. The first kappa shape index (κ1) is 17.1. The van der Waals surface area contributed by atoms with E-state index >= 15 is 0 Å². The third-order valence-electron chi connectivity index (χ3n) is 3.77. The molecule has 0 unspecified atom stereocenters. The smallest absolute Gasteiger partial charge is 0.250 e. The van der Waals surface area contributed by atoms with Crippen LogP contribution in [0.2, 0.25) is 0 Å². The number of nitrogens with one attached hydrogen (secondary N) is 1. The Morgan fingerprint density at radius 3 is 2.65 bits per heavy atom. The molecule has 7 nitrogen and oxygen atoms in total. The summed E-state index contributed by atoms with van der Waals surface area (Å²) in [5.41, 5.74) is 1.92. The second-order valence-corrected chi connectivity index (χ2v) is 5.44. The molecule has 0 radical (unpaired) electrons. The van der Waals surface area contributed by atoms with Gasteiger partial charge in [-0.3, -0.25) is 19.3 Å². The van der Waals surface area contributed by atoms with Gasteiger partial charge in [0, 0.05) is 25.1 Å². The number of carbonyl (C=O) groups is 4. The number of rotatable bonds is 8. The summed E-state index contributed by atoms with van der Waals surface area (Å²) < 4.78 is 4.83. The normalized spacial score (nSPS) is 17.0. The molecule has 0 aromatic rings. The Labute approximate surface area is 134 Å². The number of ether oxygens (including phenoxy) is 1. The molecule has 124 valence electrons. The Morgan fingerprint density at radius 2 is 2.09 bits per heavy atom. The summed E-state index contributed by atoms with van der Waals surface area (Å²) in [5.74, 6) is -0.492. The molecule has 0 saturated carbocycles. The summed E-state index contributed by atoms with van der Waals surface area (Å²) in [6, 6.07) is 0. The molecule has 1 N–H and O–H groups in total. The third kappa shape index (κ3) is 5.14. The van der Waals surface area contributed by atoms with Gasteiger partial charge in [0.15, 0.2) is 0 Å². The molecule has 1 fully saturated rings. The molecule has 1 saturated heterocycles. The van der Waals surface area contributed by atoms with Gasteiger partial charge >= 0.3 is 0 Å². The zero-order chi connectivity index (χ0) is 16.7. The van der Waals surface area contributed by atoms with Crippen molar-refractivity contribution in [3.63, 3.8) is 0 Å². The molecule has 2 aliphatic rings. The SMILES string of the molecule is O=CCOCC(=O)NC1=CC=C(CCC(=O)N2CCC2=O)CC1. The van der Waals surface area contributed by atoms with E-state index in [4.69, 9.17) is 4.74 Å². The molecule has 0 spiro atoms. The number of nitrogens with zero attached hydrogens (tertiary/aromatic N) is 1. The zero-order valence-electron chi connectivity index (χ0n) is 12.9. The summed E-state index contributed by atoms with van der Waals surface area (Å²) in [5, 5.41) is 2.72. The van der Waals surface area contributed by atoms with Crippen molar-refractivity contribution in [1.82, 2.24) is 10.2 Å². The highest BCUT2D eigenvalue weighted by atomic mass is 16.5. The number of β-lactam (4-membered cyclic amide) rings is 1. The van der Waals surface area contributed by atoms with Gasteiger partial charge < -0.3 is 14.8 Å². The Bertz CT molecular complexity index is 565. The van der Waals surface area contributed by atoms with Crippen LogP contribution in [-0.4, -0.2) is 48.7 Å². The monoisotopic (exact) mass is 320 g/mol. The number of aldehydes is 1. The van der Waals surface area contributed by atoms with E-state index in [0.717, 1.165) is 17.7 Å². The second kappa shape index (κ2) is 8.38. The van der Waals surface area contributed by atoms with Crippen molar-refractivity contribution in [1.29, 1.82) is 0 Å². The average molecular weight is 320 g/mol. The van der Waals surface area contributed by atoms with Crippen molar-refractivity contribution in [3.05, 3.63) is 23.4 Å². The molecule has 1 heterocycles. The molecule has 0 atom stereocenters. The lowest BCUT2D eigenvalue weighted by molar-refractivity contribution is -0.152.